The molecule has 0 N–H and O–H groups in total. The number of ketones is 1. The SMILES string of the molecule is O=C(Cc1ccc(Cl)cc1)c1ccc(Cl)cc1[N+](=O)[O-]. The Labute approximate surface area is 125 Å². The average Bonchev–Trinajstić information content (AvgIpc) is 2.41. The third-order valence-corrected chi connectivity index (χ3v) is 3.22. The van der Waals surface area contributed by atoms with E-state index >= 15 is 0 Å². The minimum Gasteiger partial charge on any atom is -0.294 e. The van der Waals surface area contributed by atoms with Gasteiger partial charge in [0.05, 0.1) is 10.5 Å². The van der Waals surface area contributed by atoms with Crippen LogP contribution in [-0.2, 0) is 6.42 Å². The van der Waals surface area contributed by atoms with Crippen LogP contribution in [0.15, 0.2) is 42.5 Å². The maximum absolute atomic E-state index is 12.2. The lowest BCUT2D eigenvalue weighted by Gasteiger charge is -2.03. The molecule has 6 heteroatoms. The van der Waals surface area contributed by atoms with Gasteiger partial charge in [-0.25, -0.2) is 0 Å². The van der Waals surface area contributed by atoms with Crippen molar-refractivity contribution in [3.8, 4) is 0 Å². The van der Waals surface area contributed by atoms with Gasteiger partial charge in [-0.15, -0.1) is 0 Å². The van der Waals surface area contributed by atoms with Crippen LogP contribution in [-0.4, -0.2) is 10.7 Å². The zero-order valence-electron chi connectivity index (χ0n) is 10.2. The van der Waals surface area contributed by atoms with Crippen LogP contribution in [0.25, 0.3) is 0 Å². The summed E-state index contributed by atoms with van der Waals surface area (Å²) >= 11 is 11.5. The molecule has 20 heavy (non-hydrogen) atoms. The van der Waals surface area contributed by atoms with E-state index in [-0.39, 0.29) is 28.5 Å². The summed E-state index contributed by atoms with van der Waals surface area (Å²) in [6, 6.07) is 10.8. The van der Waals surface area contributed by atoms with Crippen molar-refractivity contribution in [3.05, 3.63) is 73.8 Å². The molecule has 102 valence electrons. The predicted molar refractivity (Wildman–Crippen MR) is 77.6 cm³/mol. The van der Waals surface area contributed by atoms with Crippen LogP contribution in [0.5, 0.6) is 0 Å². The summed E-state index contributed by atoms with van der Waals surface area (Å²) in [6.07, 6.45) is 0.0691. The second kappa shape index (κ2) is 6.03. The highest BCUT2D eigenvalue weighted by molar-refractivity contribution is 6.31. The highest BCUT2D eigenvalue weighted by Crippen LogP contribution is 2.24. The summed E-state index contributed by atoms with van der Waals surface area (Å²) in [4.78, 5) is 22.5. The molecule has 0 aliphatic heterocycles. The molecule has 2 aromatic rings. The summed E-state index contributed by atoms with van der Waals surface area (Å²) in [5, 5.41) is 11.7. The van der Waals surface area contributed by atoms with Crippen molar-refractivity contribution in [2.75, 3.05) is 0 Å². The third kappa shape index (κ3) is 3.35. The van der Waals surface area contributed by atoms with E-state index in [1.54, 1.807) is 24.3 Å². The molecular weight excluding hydrogens is 301 g/mol. The van der Waals surface area contributed by atoms with E-state index in [1.165, 1.54) is 18.2 Å². The fourth-order valence-electron chi connectivity index (χ4n) is 1.77. The zero-order valence-corrected chi connectivity index (χ0v) is 11.7. The fourth-order valence-corrected chi connectivity index (χ4v) is 2.07. The van der Waals surface area contributed by atoms with Gasteiger partial charge in [-0.3, -0.25) is 14.9 Å². The molecule has 0 bridgehead atoms. The number of nitrogens with zero attached hydrogens (tertiary/aromatic N) is 1. The van der Waals surface area contributed by atoms with Gasteiger partial charge in [-0.1, -0.05) is 35.3 Å². The lowest BCUT2D eigenvalue weighted by Crippen LogP contribution is -2.07. The van der Waals surface area contributed by atoms with Crippen molar-refractivity contribution < 1.29 is 9.72 Å². The van der Waals surface area contributed by atoms with E-state index < -0.39 is 4.92 Å². The first kappa shape index (κ1) is 14.5. The first-order valence-corrected chi connectivity index (χ1v) is 6.44. The van der Waals surface area contributed by atoms with Crippen molar-refractivity contribution in [2.24, 2.45) is 0 Å². The Bertz CT molecular complexity index is 669. The second-order valence-electron chi connectivity index (χ2n) is 4.14. The number of carbonyl (C=O) groups excluding carboxylic acids is 1. The average molecular weight is 310 g/mol. The highest BCUT2D eigenvalue weighted by atomic mass is 35.5. The number of nitro groups is 1. The zero-order chi connectivity index (χ0) is 14.7. The summed E-state index contributed by atoms with van der Waals surface area (Å²) in [5.41, 5.74) is 0.509. The molecule has 0 amide bonds. The van der Waals surface area contributed by atoms with Gasteiger partial charge in [0.25, 0.3) is 5.69 Å². The van der Waals surface area contributed by atoms with Crippen LogP contribution in [0.3, 0.4) is 0 Å². The lowest BCUT2D eigenvalue weighted by atomic mass is 10.0. The molecule has 4 nitrogen and oxygen atoms in total. The molecule has 0 aliphatic carbocycles. The lowest BCUT2D eigenvalue weighted by molar-refractivity contribution is -0.385. The van der Waals surface area contributed by atoms with E-state index in [9.17, 15) is 14.9 Å². The van der Waals surface area contributed by atoms with Crippen LogP contribution in [0.2, 0.25) is 10.0 Å². The normalized spacial score (nSPS) is 10.3. The van der Waals surface area contributed by atoms with E-state index in [2.05, 4.69) is 0 Å². The Morgan fingerprint density at radius 2 is 1.65 bits per heavy atom. The van der Waals surface area contributed by atoms with E-state index in [0.717, 1.165) is 5.56 Å². The molecule has 0 spiro atoms. The maximum atomic E-state index is 12.2. The van der Waals surface area contributed by atoms with Crippen molar-refractivity contribution in [2.45, 2.75) is 6.42 Å². The predicted octanol–water partition coefficient (Wildman–Crippen LogP) is 4.33. The first-order valence-electron chi connectivity index (χ1n) is 5.69. The minimum absolute atomic E-state index is 0.0503. The maximum Gasteiger partial charge on any atom is 0.281 e. The largest absolute Gasteiger partial charge is 0.294 e. The quantitative estimate of drug-likeness (QED) is 0.480. The molecule has 0 fully saturated rings. The van der Waals surface area contributed by atoms with Gasteiger partial charge in [0.1, 0.15) is 0 Å². The summed E-state index contributed by atoms with van der Waals surface area (Å²) in [7, 11) is 0. The number of halogens is 2. The first-order chi connectivity index (χ1) is 9.47. The topological polar surface area (TPSA) is 60.2 Å². The van der Waals surface area contributed by atoms with Gasteiger partial charge < -0.3 is 0 Å². The Hall–Kier alpha value is -1.91. The van der Waals surface area contributed by atoms with Gasteiger partial charge in [0, 0.05) is 22.5 Å². The highest BCUT2D eigenvalue weighted by Gasteiger charge is 2.20. The molecule has 2 aromatic carbocycles. The van der Waals surface area contributed by atoms with Crippen LogP contribution >= 0.6 is 23.2 Å². The molecular formula is C14H9Cl2NO3. The number of benzene rings is 2. The molecule has 0 aromatic heterocycles. The van der Waals surface area contributed by atoms with Gasteiger partial charge >= 0.3 is 0 Å². The molecule has 0 heterocycles. The Balaban J connectivity index is 2.29. The van der Waals surface area contributed by atoms with Gasteiger partial charge in [-0.05, 0) is 29.8 Å². The Morgan fingerprint density at radius 3 is 2.25 bits per heavy atom. The molecule has 2 rings (SSSR count). The third-order valence-electron chi connectivity index (χ3n) is 2.73. The monoisotopic (exact) mass is 309 g/mol. The molecule has 0 radical (unpaired) electrons. The van der Waals surface area contributed by atoms with Crippen LogP contribution in [0, 0.1) is 10.1 Å². The number of nitro benzene ring substituents is 1. The number of rotatable bonds is 4. The van der Waals surface area contributed by atoms with E-state index in [4.69, 9.17) is 23.2 Å². The second-order valence-corrected chi connectivity index (χ2v) is 5.02. The minimum atomic E-state index is -0.610. The van der Waals surface area contributed by atoms with Crippen molar-refractivity contribution in [1.29, 1.82) is 0 Å². The molecule has 0 saturated carbocycles. The van der Waals surface area contributed by atoms with E-state index in [0.29, 0.717) is 5.02 Å². The van der Waals surface area contributed by atoms with Gasteiger partial charge in [0.15, 0.2) is 5.78 Å². The summed E-state index contributed by atoms with van der Waals surface area (Å²) < 4.78 is 0. The van der Waals surface area contributed by atoms with Gasteiger partial charge in [-0.2, -0.15) is 0 Å². The summed E-state index contributed by atoms with van der Waals surface area (Å²) in [6.45, 7) is 0. The Morgan fingerprint density at radius 1 is 1.05 bits per heavy atom. The Kier molecular flexibility index (Phi) is 4.37. The number of Topliss-reactive ketones (excluding diaryl/α,β-unsaturated/α-hetero) is 1. The molecule has 0 unspecified atom stereocenters. The number of carbonyl (C=O) groups is 1. The summed E-state index contributed by atoms with van der Waals surface area (Å²) in [5.74, 6) is -0.337. The number of hydrogen-bond donors (Lipinski definition) is 0. The number of hydrogen-bond acceptors (Lipinski definition) is 3. The van der Waals surface area contributed by atoms with Crippen LogP contribution in [0.1, 0.15) is 15.9 Å². The molecule has 0 aliphatic rings. The van der Waals surface area contributed by atoms with Gasteiger partial charge in [0.2, 0.25) is 0 Å². The van der Waals surface area contributed by atoms with Crippen molar-refractivity contribution in [3.63, 3.8) is 0 Å². The smallest absolute Gasteiger partial charge is 0.281 e. The standard InChI is InChI=1S/C14H9Cl2NO3/c15-10-3-1-9(2-4-10)7-14(18)12-6-5-11(16)8-13(12)17(19)20/h1-6,8H,7H2. The van der Waals surface area contributed by atoms with Crippen molar-refractivity contribution in [1.82, 2.24) is 0 Å². The molecule has 0 atom stereocenters. The van der Waals surface area contributed by atoms with Crippen molar-refractivity contribution >= 4 is 34.7 Å². The van der Waals surface area contributed by atoms with E-state index in [1.807, 2.05) is 0 Å². The fraction of sp³-hybridized carbons (Fsp3) is 0.0714. The van der Waals surface area contributed by atoms with Crippen LogP contribution < -0.4 is 0 Å². The van der Waals surface area contributed by atoms with Crippen LogP contribution in [0.4, 0.5) is 5.69 Å². The molecule has 0 saturated heterocycles.